The zero-order valence-corrected chi connectivity index (χ0v) is 16.3. The minimum Gasteiger partial charge on any atom is -0.478 e. The molecule has 0 fully saturated rings. The first-order valence-electron chi connectivity index (χ1n) is 8.43. The Balaban J connectivity index is 1.71. The molecular weight excluding hydrogens is 398 g/mol. The summed E-state index contributed by atoms with van der Waals surface area (Å²) in [4.78, 5) is 29.4. The molecule has 0 bridgehead atoms. The first-order chi connectivity index (χ1) is 13.4. The zero-order chi connectivity index (χ0) is 19.8. The van der Waals surface area contributed by atoms with E-state index in [0.29, 0.717) is 26.6 Å². The van der Waals surface area contributed by atoms with Crippen molar-refractivity contribution in [3.05, 3.63) is 75.4 Å². The minimum absolute atomic E-state index is 0.0204. The van der Waals surface area contributed by atoms with E-state index < -0.39 is 5.97 Å². The van der Waals surface area contributed by atoms with Crippen LogP contribution in [-0.2, 0) is 6.42 Å². The summed E-state index contributed by atoms with van der Waals surface area (Å²) in [5.41, 5.74) is 3.33. The second-order valence-electron chi connectivity index (χ2n) is 6.32. The maximum Gasteiger partial charge on any atom is 0.337 e. The summed E-state index contributed by atoms with van der Waals surface area (Å²) in [5, 5.41) is 12.1. The highest BCUT2D eigenvalue weighted by Crippen LogP contribution is 2.36. The molecule has 4 aromatic rings. The van der Waals surface area contributed by atoms with Crippen molar-refractivity contribution in [2.45, 2.75) is 13.3 Å². The number of fused-ring (bicyclic) bond motifs is 1. The standard InChI is InChI=1S/C21H14ClNO4S/c1-11-8-13(22)6-7-14(11)19-18(21(25)26)12(10-28-19)9-16(24)20-23-15-4-2-3-5-17(15)27-20/h2-8,10H,9H2,1H3,(H,25,26). The van der Waals surface area contributed by atoms with Crippen LogP contribution in [0.3, 0.4) is 0 Å². The van der Waals surface area contributed by atoms with Gasteiger partial charge in [0.15, 0.2) is 5.58 Å². The molecule has 0 amide bonds. The van der Waals surface area contributed by atoms with Crippen molar-refractivity contribution >= 4 is 45.8 Å². The van der Waals surface area contributed by atoms with Gasteiger partial charge in [0, 0.05) is 16.3 Å². The Bertz CT molecular complexity index is 1190. The molecule has 2 heterocycles. The third-order valence-electron chi connectivity index (χ3n) is 4.40. The summed E-state index contributed by atoms with van der Waals surface area (Å²) in [5.74, 6) is -1.46. The molecule has 4 rings (SSSR count). The molecule has 0 atom stereocenters. The number of carboxylic acids is 1. The molecule has 0 spiro atoms. The molecule has 0 saturated carbocycles. The van der Waals surface area contributed by atoms with Gasteiger partial charge in [-0.15, -0.1) is 11.3 Å². The Morgan fingerprint density at radius 3 is 2.71 bits per heavy atom. The Morgan fingerprint density at radius 1 is 1.21 bits per heavy atom. The van der Waals surface area contributed by atoms with E-state index in [0.717, 1.165) is 11.1 Å². The number of hydrogen-bond donors (Lipinski definition) is 1. The lowest BCUT2D eigenvalue weighted by molar-refractivity contribution is 0.0697. The number of carbonyl (C=O) groups excluding carboxylic acids is 1. The van der Waals surface area contributed by atoms with E-state index in [4.69, 9.17) is 16.0 Å². The number of carboxylic acid groups (broad SMARTS) is 1. The SMILES string of the molecule is Cc1cc(Cl)ccc1-c1scc(CC(=O)c2nc3ccccc3o2)c1C(=O)O. The number of Topliss-reactive ketones (excluding diaryl/α,β-unsaturated/α-hetero) is 1. The number of aryl methyl sites for hydroxylation is 1. The number of oxazole rings is 1. The Kier molecular flexibility index (Phi) is 4.75. The fourth-order valence-electron chi connectivity index (χ4n) is 3.08. The zero-order valence-electron chi connectivity index (χ0n) is 14.7. The van der Waals surface area contributed by atoms with E-state index in [9.17, 15) is 14.7 Å². The second-order valence-corrected chi connectivity index (χ2v) is 7.63. The van der Waals surface area contributed by atoms with Crippen LogP contribution >= 0.6 is 22.9 Å². The van der Waals surface area contributed by atoms with E-state index in [1.165, 1.54) is 11.3 Å². The fraction of sp³-hybridized carbons (Fsp3) is 0.0952. The average Bonchev–Trinajstić information content (AvgIpc) is 3.26. The molecule has 140 valence electrons. The lowest BCUT2D eigenvalue weighted by Gasteiger charge is -2.07. The van der Waals surface area contributed by atoms with E-state index in [-0.39, 0.29) is 23.7 Å². The van der Waals surface area contributed by atoms with Crippen LogP contribution in [0.5, 0.6) is 0 Å². The number of para-hydroxylation sites is 2. The van der Waals surface area contributed by atoms with Gasteiger partial charge in [-0.1, -0.05) is 29.8 Å². The molecule has 0 aliphatic carbocycles. The lowest BCUT2D eigenvalue weighted by atomic mass is 10.00. The van der Waals surface area contributed by atoms with Crippen LogP contribution in [0.1, 0.15) is 32.2 Å². The van der Waals surface area contributed by atoms with Gasteiger partial charge in [-0.3, -0.25) is 4.79 Å². The van der Waals surface area contributed by atoms with Crippen molar-refractivity contribution in [2.24, 2.45) is 0 Å². The Labute approximate surface area is 169 Å². The number of ketones is 1. The number of halogens is 1. The summed E-state index contributed by atoms with van der Waals surface area (Å²) in [6, 6.07) is 12.4. The quantitative estimate of drug-likeness (QED) is 0.430. The van der Waals surface area contributed by atoms with Crippen LogP contribution < -0.4 is 0 Å². The first-order valence-corrected chi connectivity index (χ1v) is 9.68. The number of aromatic nitrogens is 1. The van der Waals surface area contributed by atoms with Crippen LogP contribution in [0, 0.1) is 6.92 Å². The molecular formula is C21H14ClNO4S. The van der Waals surface area contributed by atoms with Gasteiger partial charge in [0.2, 0.25) is 5.78 Å². The predicted molar refractivity (Wildman–Crippen MR) is 109 cm³/mol. The summed E-state index contributed by atoms with van der Waals surface area (Å²) in [7, 11) is 0. The van der Waals surface area contributed by atoms with Crippen molar-refractivity contribution in [2.75, 3.05) is 0 Å². The monoisotopic (exact) mass is 411 g/mol. The first kappa shape index (κ1) is 18.4. The van der Waals surface area contributed by atoms with Gasteiger partial charge < -0.3 is 9.52 Å². The summed E-state index contributed by atoms with van der Waals surface area (Å²) < 4.78 is 5.51. The van der Waals surface area contributed by atoms with Crippen LogP contribution in [0.2, 0.25) is 5.02 Å². The van der Waals surface area contributed by atoms with Gasteiger partial charge in [0.05, 0.1) is 5.56 Å². The fourth-order valence-corrected chi connectivity index (χ4v) is 4.46. The van der Waals surface area contributed by atoms with Gasteiger partial charge in [0.25, 0.3) is 5.89 Å². The number of carbonyl (C=O) groups is 2. The molecule has 7 heteroatoms. The molecule has 1 N–H and O–H groups in total. The number of nitrogens with zero attached hydrogens (tertiary/aromatic N) is 1. The largest absolute Gasteiger partial charge is 0.478 e. The smallest absolute Gasteiger partial charge is 0.337 e. The van der Waals surface area contributed by atoms with Gasteiger partial charge in [-0.2, -0.15) is 0 Å². The number of hydrogen-bond acceptors (Lipinski definition) is 5. The van der Waals surface area contributed by atoms with Gasteiger partial charge >= 0.3 is 5.97 Å². The predicted octanol–water partition coefficient (Wildman–Crippen LogP) is 5.64. The van der Waals surface area contributed by atoms with E-state index in [2.05, 4.69) is 4.98 Å². The van der Waals surface area contributed by atoms with Crippen LogP contribution in [0.25, 0.3) is 21.5 Å². The Morgan fingerprint density at radius 2 is 2.00 bits per heavy atom. The third-order valence-corrected chi connectivity index (χ3v) is 5.69. The normalized spacial score (nSPS) is 11.1. The molecule has 2 aromatic carbocycles. The highest BCUT2D eigenvalue weighted by Gasteiger charge is 2.24. The van der Waals surface area contributed by atoms with Crippen molar-refractivity contribution in [1.29, 1.82) is 0 Å². The molecule has 5 nitrogen and oxygen atoms in total. The van der Waals surface area contributed by atoms with Gasteiger partial charge in [-0.25, -0.2) is 9.78 Å². The summed E-state index contributed by atoms with van der Waals surface area (Å²) >= 11 is 7.30. The van der Waals surface area contributed by atoms with Crippen LogP contribution in [0.15, 0.2) is 52.3 Å². The van der Waals surface area contributed by atoms with Crippen LogP contribution in [0.4, 0.5) is 0 Å². The topological polar surface area (TPSA) is 80.4 Å². The average molecular weight is 412 g/mol. The molecule has 0 radical (unpaired) electrons. The van der Waals surface area contributed by atoms with E-state index in [1.54, 1.807) is 47.8 Å². The molecule has 0 unspecified atom stereocenters. The molecule has 0 aliphatic heterocycles. The van der Waals surface area contributed by atoms with Crippen molar-refractivity contribution in [3.63, 3.8) is 0 Å². The number of benzene rings is 2. The molecule has 2 aromatic heterocycles. The van der Waals surface area contributed by atoms with E-state index >= 15 is 0 Å². The van der Waals surface area contributed by atoms with E-state index in [1.807, 2.05) is 6.92 Å². The van der Waals surface area contributed by atoms with Crippen molar-refractivity contribution in [3.8, 4) is 10.4 Å². The number of thiophene rings is 1. The van der Waals surface area contributed by atoms with Crippen LogP contribution in [-0.4, -0.2) is 21.8 Å². The highest BCUT2D eigenvalue weighted by molar-refractivity contribution is 7.14. The van der Waals surface area contributed by atoms with Gasteiger partial charge in [0.1, 0.15) is 5.52 Å². The highest BCUT2D eigenvalue weighted by atomic mass is 35.5. The molecule has 28 heavy (non-hydrogen) atoms. The Hall–Kier alpha value is -2.96. The molecule has 0 aliphatic rings. The molecule has 0 saturated heterocycles. The minimum atomic E-state index is -1.08. The summed E-state index contributed by atoms with van der Waals surface area (Å²) in [6.07, 6.45) is -0.0996. The maximum absolute atomic E-state index is 12.7. The van der Waals surface area contributed by atoms with Crippen molar-refractivity contribution < 1.29 is 19.1 Å². The number of rotatable bonds is 5. The lowest BCUT2D eigenvalue weighted by Crippen LogP contribution is -2.08. The van der Waals surface area contributed by atoms with Gasteiger partial charge in [-0.05, 0) is 53.3 Å². The maximum atomic E-state index is 12.7. The van der Waals surface area contributed by atoms with Crippen molar-refractivity contribution in [1.82, 2.24) is 4.98 Å². The third kappa shape index (κ3) is 3.32. The number of aromatic carboxylic acids is 1. The summed E-state index contributed by atoms with van der Waals surface area (Å²) in [6.45, 7) is 1.87. The second kappa shape index (κ2) is 7.22.